The number of rotatable bonds is 5. The molecule has 0 radical (unpaired) electrons. The molecule has 3 amide bonds. The largest absolute Gasteiger partial charge is 0.459 e. The van der Waals surface area contributed by atoms with Gasteiger partial charge in [0, 0.05) is 51.3 Å². The molecule has 8 nitrogen and oxygen atoms in total. The van der Waals surface area contributed by atoms with Gasteiger partial charge in [0.25, 0.3) is 5.91 Å². The van der Waals surface area contributed by atoms with E-state index in [1.807, 2.05) is 41.3 Å². The van der Waals surface area contributed by atoms with Crippen molar-refractivity contribution in [3.05, 3.63) is 94.9 Å². The van der Waals surface area contributed by atoms with Gasteiger partial charge in [0.05, 0.1) is 6.26 Å². The minimum absolute atomic E-state index is 0.0233. The minimum atomic E-state index is -0.560. The van der Waals surface area contributed by atoms with E-state index < -0.39 is 11.9 Å². The summed E-state index contributed by atoms with van der Waals surface area (Å²) in [6.07, 6.45) is 1.97. The lowest BCUT2D eigenvalue weighted by atomic mass is 9.92. The first-order chi connectivity index (χ1) is 17.0. The summed E-state index contributed by atoms with van der Waals surface area (Å²) in [5.74, 6) is -0.478. The molecule has 3 aromatic rings. The smallest absolute Gasteiger partial charge is 0.290 e. The van der Waals surface area contributed by atoms with Gasteiger partial charge in [0.1, 0.15) is 6.04 Å². The Hall–Kier alpha value is -3.91. The second-order valence-electron chi connectivity index (χ2n) is 9.06. The van der Waals surface area contributed by atoms with Gasteiger partial charge in [-0.1, -0.05) is 36.4 Å². The van der Waals surface area contributed by atoms with Gasteiger partial charge >= 0.3 is 0 Å². The average molecular weight is 473 g/mol. The van der Waals surface area contributed by atoms with E-state index >= 15 is 0 Å². The molecule has 1 unspecified atom stereocenters. The zero-order valence-electron chi connectivity index (χ0n) is 19.4. The van der Waals surface area contributed by atoms with Crippen molar-refractivity contribution in [3.8, 4) is 0 Å². The molecule has 8 heteroatoms. The van der Waals surface area contributed by atoms with E-state index in [-0.39, 0.29) is 17.6 Å². The van der Waals surface area contributed by atoms with Crippen LogP contribution in [-0.2, 0) is 24.3 Å². The number of furan rings is 1. The third kappa shape index (κ3) is 4.83. The Balaban J connectivity index is 1.26. The summed E-state index contributed by atoms with van der Waals surface area (Å²) < 4.78 is 5.35. The second kappa shape index (κ2) is 9.76. The lowest BCUT2D eigenvalue weighted by Crippen LogP contribution is -2.57. The molecule has 0 spiro atoms. The number of nitrogens with zero attached hydrogens (tertiary/aromatic N) is 3. The van der Waals surface area contributed by atoms with Crippen LogP contribution in [-0.4, -0.2) is 64.6 Å². The SMILES string of the molecule is NC(=O)c1ccc(CN2CCN(C(=O)C3Cc4ccccc4CN3C(=O)c3ccco3)CC2)cc1. The van der Waals surface area contributed by atoms with Crippen molar-refractivity contribution in [1.82, 2.24) is 14.7 Å². The topological polar surface area (TPSA) is 100 Å². The molecule has 5 rings (SSSR count). The van der Waals surface area contributed by atoms with Gasteiger partial charge in [-0.15, -0.1) is 0 Å². The van der Waals surface area contributed by atoms with Gasteiger partial charge in [-0.2, -0.15) is 0 Å². The molecule has 2 N–H and O–H groups in total. The quantitative estimate of drug-likeness (QED) is 0.614. The summed E-state index contributed by atoms with van der Waals surface area (Å²) >= 11 is 0. The van der Waals surface area contributed by atoms with E-state index in [4.69, 9.17) is 10.2 Å². The summed E-state index contributed by atoms with van der Waals surface area (Å²) in [5.41, 5.74) is 9.07. The molecule has 1 saturated heterocycles. The highest BCUT2D eigenvalue weighted by molar-refractivity contribution is 5.96. The molecule has 2 aliphatic rings. The molecule has 180 valence electrons. The highest BCUT2D eigenvalue weighted by atomic mass is 16.3. The Bertz CT molecular complexity index is 1210. The van der Waals surface area contributed by atoms with Crippen LogP contribution in [0.2, 0.25) is 0 Å². The van der Waals surface area contributed by atoms with Crippen molar-refractivity contribution >= 4 is 17.7 Å². The Morgan fingerprint density at radius 2 is 1.60 bits per heavy atom. The van der Waals surface area contributed by atoms with Gasteiger partial charge in [-0.05, 0) is 41.0 Å². The molecule has 2 aromatic carbocycles. The number of carbonyl (C=O) groups is 3. The number of carbonyl (C=O) groups excluding carboxylic acids is 3. The van der Waals surface area contributed by atoms with Crippen LogP contribution in [0, 0.1) is 0 Å². The highest BCUT2D eigenvalue weighted by Gasteiger charge is 2.38. The Kier molecular flexibility index (Phi) is 6.37. The third-order valence-electron chi connectivity index (χ3n) is 6.86. The van der Waals surface area contributed by atoms with Crippen LogP contribution in [0.5, 0.6) is 0 Å². The third-order valence-corrected chi connectivity index (χ3v) is 6.86. The normalized spacial score (nSPS) is 18.2. The molecule has 2 aliphatic heterocycles. The number of nitrogens with two attached hydrogens (primary N) is 1. The minimum Gasteiger partial charge on any atom is -0.459 e. The van der Waals surface area contributed by atoms with E-state index in [9.17, 15) is 14.4 Å². The summed E-state index contributed by atoms with van der Waals surface area (Å²) in [5, 5.41) is 0. The van der Waals surface area contributed by atoms with Gasteiger partial charge in [-0.25, -0.2) is 0 Å². The molecular weight excluding hydrogens is 444 g/mol. The van der Waals surface area contributed by atoms with Crippen LogP contribution in [0.15, 0.2) is 71.3 Å². The van der Waals surface area contributed by atoms with Crippen LogP contribution in [0.3, 0.4) is 0 Å². The summed E-state index contributed by atoms with van der Waals surface area (Å²) in [6, 6.07) is 18.0. The maximum absolute atomic E-state index is 13.7. The number of fused-ring (bicyclic) bond motifs is 1. The fourth-order valence-electron chi connectivity index (χ4n) is 4.87. The van der Waals surface area contributed by atoms with Crippen LogP contribution >= 0.6 is 0 Å². The molecule has 35 heavy (non-hydrogen) atoms. The van der Waals surface area contributed by atoms with Crippen LogP contribution < -0.4 is 5.73 Å². The van der Waals surface area contributed by atoms with Crippen molar-refractivity contribution in [2.24, 2.45) is 5.73 Å². The Morgan fingerprint density at radius 1 is 0.886 bits per heavy atom. The van der Waals surface area contributed by atoms with Crippen LogP contribution in [0.1, 0.15) is 37.6 Å². The van der Waals surface area contributed by atoms with E-state index in [0.717, 1.165) is 36.3 Å². The number of hydrogen-bond donors (Lipinski definition) is 1. The summed E-state index contributed by atoms with van der Waals surface area (Å²) in [6.45, 7) is 3.78. The number of primary amides is 1. The Morgan fingerprint density at radius 3 is 2.26 bits per heavy atom. The highest BCUT2D eigenvalue weighted by Crippen LogP contribution is 2.27. The molecule has 0 bridgehead atoms. The molecule has 1 fully saturated rings. The molecular formula is C27H28N4O4. The zero-order chi connectivity index (χ0) is 24.4. The van der Waals surface area contributed by atoms with Crippen molar-refractivity contribution < 1.29 is 18.8 Å². The van der Waals surface area contributed by atoms with Crippen molar-refractivity contribution in [2.45, 2.75) is 25.6 Å². The van der Waals surface area contributed by atoms with Gasteiger partial charge in [0.15, 0.2) is 5.76 Å². The maximum Gasteiger partial charge on any atom is 0.290 e. The first-order valence-electron chi connectivity index (χ1n) is 11.8. The molecule has 0 saturated carbocycles. The van der Waals surface area contributed by atoms with Crippen molar-refractivity contribution in [3.63, 3.8) is 0 Å². The Labute approximate surface area is 203 Å². The summed E-state index contributed by atoms with van der Waals surface area (Å²) in [4.78, 5) is 43.9. The van der Waals surface area contributed by atoms with Gasteiger partial charge < -0.3 is 20.0 Å². The fourth-order valence-corrected chi connectivity index (χ4v) is 4.87. The van der Waals surface area contributed by atoms with E-state index in [1.54, 1.807) is 29.2 Å². The molecule has 1 atom stereocenters. The summed E-state index contributed by atoms with van der Waals surface area (Å²) in [7, 11) is 0. The first kappa shape index (κ1) is 22.9. The maximum atomic E-state index is 13.7. The monoisotopic (exact) mass is 472 g/mol. The van der Waals surface area contributed by atoms with E-state index in [2.05, 4.69) is 4.90 Å². The number of piperazine rings is 1. The first-order valence-corrected chi connectivity index (χ1v) is 11.8. The molecule has 3 heterocycles. The molecule has 1 aromatic heterocycles. The van der Waals surface area contributed by atoms with E-state index in [1.165, 1.54) is 6.26 Å². The number of hydrogen-bond acceptors (Lipinski definition) is 5. The molecule has 0 aliphatic carbocycles. The second-order valence-corrected chi connectivity index (χ2v) is 9.06. The lowest BCUT2D eigenvalue weighted by molar-refractivity contribution is -0.138. The van der Waals surface area contributed by atoms with Gasteiger partial charge in [0.2, 0.25) is 11.8 Å². The predicted octanol–water partition coefficient (Wildman–Crippen LogP) is 2.29. The number of benzene rings is 2. The van der Waals surface area contributed by atoms with Crippen molar-refractivity contribution in [1.29, 1.82) is 0 Å². The van der Waals surface area contributed by atoms with Crippen LogP contribution in [0.4, 0.5) is 0 Å². The zero-order valence-corrected chi connectivity index (χ0v) is 19.4. The van der Waals surface area contributed by atoms with E-state index in [0.29, 0.717) is 31.6 Å². The standard InChI is InChI=1S/C27H28N4O4/c28-25(32)20-9-7-19(8-10-20)17-29-11-13-30(14-12-29)26(33)23-16-21-4-1-2-5-22(21)18-31(23)27(34)24-6-3-15-35-24/h1-10,15,23H,11-14,16-18H2,(H2,28,32). The van der Waals surface area contributed by atoms with Crippen LogP contribution in [0.25, 0.3) is 0 Å². The average Bonchev–Trinajstić information content (AvgIpc) is 3.43. The number of amides is 3. The van der Waals surface area contributed by atoms with Crippen molar-refractivity contribution in [2.75, 3.05) is 26.2 Å². The fraction of sp³-hybridized carbons (Fsp3) is 0.296. The lowest BCUT2D eigenvalue weighted by Gasteiger charge is -2.41. The van der Waals surface area contributed by atoms with Gasteiger partial charge in [-0.3, -0.25) is 19.3 Å². The predicted molar refractivity (Wildman–Crippen MR) is 129 cm³/mol.